The molecule has 1 aromatic rings. The molecule has 1 aliphatic rings. The van der Waals surface area contributed by atoms with Gasteiger partial charge in [0.25, 0.3) is 0 Å². The van der Waals surface area contributed by atoms with Gasteiger partial charge in [-0.3, -0.25) is 0 Å². The second-order valence-electron chi connectivity index (χ2n) is 6.27. The number of aromatic nitrogens is 3. The second-order valence-corrected chi connectivity index (χ2v) is 6.27. The lowest BCUT2D eigenvalue weighted by Gasteiger charge is -2.28. The molecular weight excluding hydrogens is 212 g/mol. The zero-order valence-corrected chi connectivity index (χ0v) is 11.6. The Bertz CT molecular complexity index is 389. The SMILES string of the molecule is CC1NCCn2c(CC(C)C(C)(C)C)nnc21. The predicted octanol–water partition coefficient (Wildman–Crippen LogP) is 2.17. The van der Waals surface area contributed by atoms with Crippen LogP contribution in [0.1, 0.15) is 52.3 Å². The molecule has 4 heteroatoms. The van der Waals surface area contributed by atoms with Crippen LogP contribution in [0.2, 0.25) is 0 Å². The van der Waals surface area contributed by atoms with Gasteiger partial charge in [0.15, 0.2) is 0 Å². The molecule has 1 aromatic heterocycles. The maximum atomic E-state index is 4.37. The topological polar surface area (TPSA) is 42.7 Å². The lowest BCUT2D eigenvalue weighted by Crippen LogP contribution is -2.33. The van der Waals surface area contributed by atoms with E-state index in [0.29, 0.717) is 17.4 Å². The van der Waals surface area contributed by atoms with E-state index in [1.54, 1.807) is 0 Å². The first kappa shape index (κ1) is 12.6. The summed E-state index contributed by atoms with van der Waals surface area (Å²) in [7, 11) is 0. The molecule has 1 aliphatic heterocycles. The molecule has 2 unspecified atom stereocenters. The first-order valence-electron chi connectivity index (χ1n) is 6.55. The molecule has 0 aromatic carbocycles. The van der Waals surface area contributed by atoms with Crippen molar-refractivity contribution in [3.63, 3.8) is 0 Å². The van der Waals surface area contributed by atoms with E-state index >= 15 is 0 Å². The van der Waals surface area contributed by atoms with Gasteiger partial charge in [-0.05, 0) is 18.3 Å². The Hall–Kier alpha value is -0.900. The molecule has 4 nitrogen and oxygen atoms in total. The summed E-state index contributed by atoms with van der Waals surface area (Å²) in [5.41, 5.74) is 0.324. The Balaban J connectivity index is 2.18. The summed E-state index contributed by atoms with van der Waals surface area (Å²) in [6, 6.07) is 0.329. The van der Waals surface area contributed by atoms with Gasteiger partial charge >= 0.3 is 0 Å². The number of hydrogen-bond acceptors (Lipinski definition) is 3. The van der Waals surface area contributed by atoms with Crippen LogP contribution in [-0.4, -0.2) is 21.3 Å². The molecule has 17 heavy (non-hydrogen) atoms. The van der Waals surface area contributed by atoms with Crippen LogP contribution in [0, 0.1) is 11.3 Å². The van der Waals surface area contributed by atoms with Crippen LogP contribution >= 0.6 is 0 Å². The fraction of sp³-hybridized carbons (Fsp3) is 0.846. The van der Waals surface area contributed by atoms with Gasteiger partial charge in [-0.25, -0.2) is 0 Å². The summed E-state index contributed by atoms with van der Waals surface area (Å²) in [4.78, 5) is 0. The first-order valence-corrected chi connectivity index (χ1v) is 6.55. The zero-order chi connectivity index (χ0) is 12.6. The number of fused-ring (bicyclic) bond motifs is 1. The van der Waals surface area contributed by atoms with Crippen LogP contribution in [0.3, 0.4) is 0 Å². The third-order valence-electron chi connectivity index (χ3n) is 4.00. The van der Waals surface area contributed by atoms with Gasteiger partial charge in [0, 0.05) is 19.5 Å². The monoisotopic (exact) mass is 236 g/mol. The molecule has 0 amide bonds. The van der Waals surface area contributed by atoms with Crippen LogP contribution in [-0.2, 0) is 13.0 Å². The van der Waals surface area contributed by atoms with E-state index < -0.39 is 0 Å². The minimum absolute atomic E-state index is 0.324. The normalized spacial score (nSPS) is 22.3. The molecular formula is C13H24N4. The van der Waals surface area contributed by atoms with Crippen molar-refractivity contribution in [2.24, 2.45) is 11.3 Å². The Morgan fingerprint density at radius 1 is 1.41 bits per heavy atom. The summed E-state index contributed by atoms with van der Waals surface area (Å²) in [5.74, 6) is 2.85. The highest BCUT2D eigenvalue weighted by atomic mass is 15.3. The van der Waals surface area contributed by atoms with E-state index in [1.807, 2.05) is 0 Å². The van der Waals surface area contributed by atoms with Gasteiger partial charge in [-0.2, -0.15) is 0 Å². The highest BCUT2D eigenvalue weighted by Crippen LogP contribution is 2.28. The second kappa shape index (κ2) is 4.41. The van der Waals surface area contributed by atoms with E-state index in [4.69, 9.17) is 0 Å². The van der Waals surface area contributed by atoms with E-state index in [0.717, 1.165) is 31.2 Å². The van der Waals surface area contributed by atoms with Gasteiger partial charge in [-0.15, -0.1) is 10.2 Å². The molecule has 0 spiro atoms. The van der Waals surface area contributed by atoms with Crippen LogP contribution < -0.4 is 5.32 Å². The van der Waals surface area contributed by atoms with E-state index in [9.17, 15) is 0 Å². The maximum absolute atomic E-state index is 4.37. The van der Waals surface area contributed by atoms with Gasteiger partial charge in [0.05, 0.1) is 6.04 Å². The standard InChI is InChI=1S/C13H24N4/c1-9(13(3,4)5)8-11-15-16-12-10(2)14-6-7-17(11)12/h9-10,14H,6-8H2,1-5H3. The maximum Gasteiger partial charge on any atom is 0.149 e. The zero-order valence-electron chi connectivity index (χ0n) is 11.6. The highest BCUT2D eigenvalue weighted by Gasteiger charge is 2.26. The first-order chi connectivity index (χ1) is 7.89. The third-order valence-corrected chi connectivity index (χ3v) is 4.00. The fourth-order valence-electron chi connectivity index (χ4n) is 2.13. The van der Waals surface area contributed by atoms with Crippen molar-refractivity contribution in [3.05, 3.63) is 11.6 Å². The minimum atomic E-state index is 0.324. The molecule has 2 atom stereocenters. The smallest absolute Gasteiger partial charge is 0.149 e. The van der Waals surface area contributed by atoms with Crippen LogP contribution in [0.5, 0.6) is 0 Å². The Labute approximate surface area is 104 Å². The summed E-state index contributed by atoms with van der Waals surface area (Å²) < 4.78 is 2.30. The summed E-state index contributed by atoms with van der Waals surface area (Å²) >= 11 is 0. The predicted molar refractivity (Wildman–Crippen MR) is 68.8 cm³/mol. The average Bonchev–Trinajstić information content (AvgIpc) is 2.62. The molecule has 0 saturated carbocycles. The Morgan fingerprint density at radius 2 is 2.12 bits per heavy atom. The lowest BCUT2D eigenvalue weighted by atomic mass is 9.80. The van der Waals surface area contributed by atoms with Crippen LogP contribution in [0.15, 0.2) is 0 Å². The molecule has 0 fully saturated rings. The van der Waals surface area contributed by atoms with Crippen LogP contribution in [0.25, 0.3) is 0 Å². The van der Waals surface area contributed by atoms with Crippen molar-refractivity contribution in [1.82, 2.24) is 20.1 Å². The van der Waals surface area contributed by atoms with E-state index in [1.165, 1.54) is 0 Å². The van der Waals surface area contributed by atoms with Crippen molar-refractivity contribution in [2.75, 3.05) is 6.54 Å². The molecule has 0 aliphatic carbocycles. The number of hydrogen-bond donors (Lipinski definition) is 1. The molecule has 2 heterocycles. The molecule has 0 bridgehead atoms. The van der Waals surface area contributed by atoms with Crippen molar-refractivity contribution in [1.29, 1.82) is 0 Å². The largest absolute Gasteiger partial charge is 0.312 e. The highest BCUT2D eigenvalue weighted by molar-refractivity contribution is 5.04. The summed E-state index contributed by atoms with van der Waals surface area (Å²) in [6.45, 7) is 13.3. The summed E-state index contributed by atoms with van der Waals surface area (Å²) in [6.07, 6.45) is 1.02. The summed E-state index contributed by atoms with van der Waals surface area (Å²) in [5, 5.41) is 12.1. The number of rotatable bonds is 2. The van der Waals surface area contributed by atoms with E-state index in [-0.39, 0.29) is 0 Å². The van der Waals surface area contributed by atoms with E-state index in [2.05, 4.69) is 54.7 Å². The molecule has 96 valence electrons. The minimum Gasteiger partial charge on any atom is -0.312 e. The van der Waals surface area contributed by atoms with Gasteiger partial charge in [-0.1, -0.05) is 27.7 Å². The van der Waals surface area contributed by atoms with Gasteiger partial charge in [0.2, 0.25) is 0 Å². The number of nitrogens with one attached hydrogen (secondary N) is 1. The molecule has 0 saturated heterocycles. The van der Waals surface area contributed by atoms with Crippen molar-refractivity contribution >= 4 is 0 Å². The quantitative estimate of drug-likeness (QED) is 0.855. The molecule has 0 radical (unpaired) electrons. The number of nitrogens with zero attached hydrogens (tertiary/aromatic N) is 3. The average molecular weight is 236 g/mol. The Morgan fingerprint density at radius 3 is 2.76 bits per heavy atom. The Kier molecular flexibility index (Phi) is 3.25. The lowest BCUT2D eigenvalue weighted by molar-refractivity contribution is 0.253. The van der Waals surface area contributed by atoms with Gasteiger partial charge < -0.3 is 9.88 Å². The van der Waals surface area contributed by atoms with Crippen molar-refractivity contribution < 1.29 is 0 Å². The third kappa shape index (κ3) is 2.51. The molecule has 1 N–H and O–H groups in total. The fourth-order valence-corrected chi connectivity index (χ4v) is 2.13. The molecule has 2 rings (SSSR count). The van der Waals surface area contributed by atoms with Crippen molar-refractivity contribution in [3.8, 4) is 0 Å². The van der Waals surface area contributed by atoms with Crippen LogP contribution in [0.4, 0.5) is 0 Å². The van der Waals surface area contributed by atoms with Crippen molar-refractivity contribution in [2.45, 2.75) is 53.6 Å². The van der Waals surface area contributed by atoms with Gasteiger partial charge in [0.1, 0.15) is 11.6 Å².